The normalized spacial score (nSPS) is 13.8. The van der Waals surface area contributed by atoms with Crippen LogP contribution in [0.25, 0.3) is 0 Å². The van der Waals surface area contributed by atoms with Crippen molar-refractivity contribution in [2.24, 2.45) is 5.92 Å². The molecule has 0 amide bonds. The number of hydrogen-bond donors (Lipinski definition) is 2. The van der Waals surface area contributed by atoms with Crippen LogP contribution in [0, 0.1) is 5.92 Å². The highest BCUT2D eigenvalue weighted by atomic mass is 16.4. The molecule has 1 atom stereocenters. The van der Waals surface area contributed by atoms with E-state index in [1.54, 1.807) is 0 Å². The summed E-state index contributed by atoms with van der Waals surface area (Å²) in [5, 5.41) is 17.2. The Labute approximate surface area is 76.9 Å². The van der Waals surface area contributed by atoms with E-state index in [0.717, 1.165) is 6.42 Å². The fourth-order valence-electron chi connectivity index (χ4n) is 0.962. The summed E-state index contributed by atoms with van der Waals surface area (Å²) in [5.41, 5.74) is 0.0841. The molecule has 0 heterocycles. The minimum atomic E-state index is -1.07. The van der Waals surface area contributed by atoms with Crippen LogP contribution in [0.15, 0.2) is 11.6 Å². The second-order valence-electron chi connectivity index (χ2n) is 2.89. The molecule has 0 radical (unpaired) electrons. The third kappa shape index (κ3) is 4.30. The molecule has 0 saturated carbocycles. The molecule has 4 nitrogen and oxygen atoms in total. The summed E-state index contributed by atoms with van der Waals surface area (Å²) in [7, 11) is 0. The molecular formula is C9H14O4. The van der Waals surface area contributed by atoms with E-state index in [2.05, 4.69) is 0 Å². The van der Waals surface area contributed by atoms with Crippen molar-refractivity contribution < 1.29 is 19.8 Å². The first-order chi connectivity index (χ1) is 5.99. The Kier molecular flexibility index (Phi) is 4.80. The maximum atomic E-state index is 10.6. The van der Waals surface area contributed by atoms with Crippen molar-refractivity contribution in [3.8, 4) is 0 Å². The van der Waals surface area contributed by atoms with Crippen LogP contribution in [0.1, 0.15) is 26.7 Å². The van der Waals surface area contributed by atoms with E-state index in [4.69, 9.17) is 10.2 Å². The largest absolute Gasteiger partial charge is 0.481 e. The second kappa shape index (κ2) is 5.35. The Morgan fingerprint density at radius 3 is 2.23 bits per heavy atom. The summed E-state index contributed by atoms with van der Waals surface area (Å²) in [6.07, 6.45) is 2.48. The molecule has 0 saturated heterocycles. The van der Waals surface area contributed by atoms with Crippen LogP contribution >= 0.6 is 0 Å². The van der Waals surface area contributed by atoms with Gasteiger partial charge in [-0.3, -0.25) is 4.79 Å². The van der Waals surface area contributed by atoms with Crippen LogP contribution in [0.2, 0.25) is 0 Å². The van der Waals surface area contributed by atoms with Crippen molar-refractivity contribution >= 4 is 11.9 Å². The van der Waals surface area contributed by atoms with Gasteiger partial charge in [-0.1, -0.05) is 19.4 Å². The van der Waals surface area contributed by atoms with Crippen LogP contribution in [0.3, 0.4) is 0 Å². The number of aliphatic carboxylic acids is 2. The van der Waals surface area contributed by atoms with Crippen LogP contribution in [-0.2, 0) is 9.59 Å². The van der Waals surface area contributed by atoms with Gasteiger partial charge in [-0.2, -0.15) is 0 Å². The number of carboxylic acid groups (broad SMARTS) is 2. The van der Waals surface area contributed by atoms with E-state index in [-0.39, 0.29) is 5.57 Å². The summed E-state index contributed by atoms with van der Waals surface area (Å²) in [6, 6.07) is 0. The molecule has 0 aromatic rings. The van der Waals surface area contributed by atoms with Gasteiger partial charge in [0, 0.05) is 5.57 Å². The van der Waals surface area contributed by atoms with E-state index < -0.39 is 17.9 Å². The zero-order chi connectivity index (χ0) is 10.4. The van der Waals surface area contributed by atoms with Crippen LogP contribution in [0.4, 0.5) is 0 Å². The summed E-state index contributed by atoms with van der Waals surface area (Å²) in [6.45, 7) is 3.26. The standard InChI is InChI=1S/C9H14O4/c1-3-4-7(9(12)13)5-6(2)8(10)11/h5,7H,3-4H2,1-2H3,(H,10,11)(H,12,13). The number of hydrogen-bond acceptors (Lipinski definition) is 2. The first-order valence-electron chi connectivity index (χ1n) is 4.13. The summed E-state index contributed by atoms with van der Waals surface area (Å²) in [4.78, 5) is 21.0. The molecule has 0 aliphatic carbocycles. The van der Waals surface area contributed by atoms with E-state index >= 15 is 0 Å². The molecule has 1 unspecified atom stereocenters. The zero-order valence-electron chi connectivity index (χ0n) is 7.78. The quantitative estimate of drug-likeness (QED) is 0.638. The fraction of sp³-hybridized carbons (Fsp3) is 0.556. The predicted octanol–water partition coefficient (Wildman–Crippen LogP) is 1.52. The van der Waals surface area contributed by atoms with E-state index in [1.165, 1.54) is 13.0 Å². The van der Waals surface area contributed by atoms with Crippen molar-refractivity contribution in [3.05, 3.63) is 11.6 Å². The first-order valence-corrected chi connectivity index (χ1v) is 4.13. The van der Waals surface area contributed by atoms with Crippen molar-refractivity contribution in [2.45, 2.75) is 26.7 Å². The molecule has 0 aromatic carbocycles. The lowest BCUT2D eigenvalue weighted by molar-refractivity contribution is -0.140. The third-order valence-electron chi connectivity index (χ3n) is 1.71. The van der Waals surface area contributed by atoms with Gasteiger partial charge in [-0.05, 0) is 13.3 Å². The molecule has 0 fully saturated rings. The van der Waals surface area contributed by atoms with E-state index in [9.17, 15) is 9.59 Å². The number of carbonyl (C=O) groups is 2. The maximum absolute atomic E-state index is 10.6. The predicted molar refractivity (Wildman–Crippen MR) is 47.4 cm³/mol. The highest BCUT2D eigenvalue weighted by Gasteiger charge is 2.14. The zero-order valence-corrected chi connectivity index (χ0v) is 7.78. The average molecular weight is 186 g/mol. The number of rotatable bonds is 5. The molecule has 4 heteroatoms. The molecule has 0 aliphatic rings. The van der Waals surface area contributed by atoms with Gasteiger partial charge in [0.1, 0.15) is 0 Å². The lowest BCUT2D eigenvalue weighted by Gasteiger charge is -2.05. The highest BCUT2D eigenvalue weighted by molar-refractivity contribution is 5.87. The Morgan fingerprint density at radius 2 is 1.92 bits per heavy atom. The minimum absolute atomic E-state index is 0.0841. The topological polar surface area (TPSA) is 74.6 Å². The fourth-order valence-corrected chi connectivity index (χ4v) is 0.962. The third-order valence-corrected chi connectivity index (χ3v) is 1.71. The van der Waals surface area contributed by atoms with Gasteiger partial charge >= 0.3 is 11.9 Å². The summed E-state index contributed by atoms with van der Waals surface area (Å²) in [5.74, 6) is -2.72. The summed E-state index contributed by atoms with van der Waals surface area (Å²) < 4.78 is 0. The van der Waals surface area contributed by atoms with Gasteiger partial charge in [0.15, 0.2) is 0 Å². The molecule has 0 aliphatic heterocycles. The molecule has 13 heavy (non-hydrogen) atoms. The second-order valence-corrected chi connectivity index (χ2v) is 2.89. The smallest absolute Gasteiger partial charge is 0.330 e. The van der Waals surface area contributed by atoms with Crippen molar-refractivity contribution in [1.82, 2.24) is 0 Å². The number of carboxylic acids is 2. The molecule has 0 aromatic heterocycles. The minimum Gasteiger partial charge on any atom is -0.481 e. The molecule has 0 bridgehead atoms. The van der Waals surface area contributed by atoms with Crippen LogP contribution in [-0.4, -0.2) is 22.2 Å². The van der Waals surface area contributed by atoms with E-state index in [1.807, 2.05) is 6.92 Å². The lowest BCUT2D eigenvalue weighted by Crippen LogP contribution is -2.12. The van der Waals surface area contributed by atoms with Crippen molar-refractivity contribution in [3.63, 3.8) is 0 Å². The SMILES string of the molecule is CCCC(C=C(C)C(=O)O)C(=O)O. The first kappa shape index (κ1) is 11.7. The van der Waals surface area contributed by atoms with E-state index in [0.29, 0.717) is 6.42 Å². The van der Waals surface area contributed by atoms with Gasteiger partial charge < -0.3 is 10.2 Å². The molecule has 0 rings (SSSR count). The van der Waals surface area contributed by atoms with Crippen molar-refractivity contribution in [2.75, 3.05) is 0 Å². The molecule has 0 spiro atoms. The van der Waals surface area contributed by atoms with Crippen LogP contribution in [0.5, 0.6) is 0 Å². The Bertz CT molecular complexity index is 230. The Balaban J connectivity index is 4.48. The monoisotopic (exact) mass is 186 g/mol. The van der Waals surface area contributed by atoms with Gasteiger partial charge in [-0.25, -0.2) is 4.79 Å². The molecular weight excluding hydrogens is 172 g/mol. The van der Waals surface area contributed by atoms with Gasteiger partial charge in [0.05, 0.1) is 5.92 Å². The van der Waals surface area contributed by atoms with Gasteiger partial charge in [0.25, 0.3) is 0 Å². The Morgan fingerprint density at radius 1 is 1.38 bits per heavy atom. The van der Waals surface area contributed by atoms with Gasteiger partial charge in [-0.15, -0.1) is 0 Å². The molecule has 2 N–H and O–H groups in total. The lowest BCUT2D eigenvalue weighted by atomic mass is 10.0. The summed E-state index contributed by atoms with van der Waals surface area (Å²) >= 11 is 0. The maximum Gasteiger partial charge on any atom is 0.330 e. The highest BCUT2D eigenvalue weighted by Crippen LogP contribution is 2.11. The average Bonchev–Trinajstić information content (AvgIpc) is 2.03. The van der Waals surface area contributed by atoms with Gasteiger partial charge in [0.2, 0.25) is 0 Å². The van der Waals surface area contributed by atoms with Crippen molar-refractivity contribution in [1.29, 1.82) is 0 Å². The molecule has 74 valence electrons. The van der Waals surface area contributed by atoms with Crippen LogP contribution < -0.4 is 0 Å². The Hall–Kier alpha value is -1.32.